The molecule has 3 N–H and O–H groups in total. The van der Waals surface area contributed by atoms with Gasteiger partial charge >= 0.3 is 0 Å². The molecule has 0 radical (unpaired) electrons. The van der Waals surface area contributed by atoms with Gasteiger partial charge in [-0.15, -0.1) is 0 Å². The number of benzene rings is 1. The summed E-state index contributed by atoms with van der Waals surface area (Å²) in [6.45, 7) is 3.48. The number of furan rings is 1. The van der Waals surface area contributed by atoms with Crippen LogP contribution in [0.15, 0.2) is 39.8 Å². The number of nitrogens with one attached hydrogen (secondary N) is 1. The summed E-state index contributed by atoms with van der Waals surface area (Å²) in [4.78, 5) is 11.9. The predicted molar refractivity (Wildman–Crippen MR) is 74.0 cm³/mol. The normalized spacial score (nSPS) is 11.3. The number of primary sulfonamides is 1. The lowest BCUT2D eigenvalue weighted by molar-refractivity contribution is 0.102. The third-order valence-electron chi connectivity index (χ3n) is 2.78. The number of nitrogens with two attached hydrogens (primary N) is 1. The Morgan fingerprint density at radius 3 is 2.50 bits per heavy atom. The molecule has 20 heavy (non-hydrogen) atoms. The quantitative estimate of drug-likeness (QED) is 0.900. The van der Waals surface area contributed by atoms with Crippen LogP contribution in [-0.4, -0.2) is 14.3 Å². The van der Waals surface area contributed by atoms with Crippen molar-refractivity contribution in [2.24, 2.45) is 5.14 Å². The molecule has 0 spiro atoms. The van der Waals surface area contributed by atoms with E-state index in [9.17, 15) is 13.2 Å². The number of anilines is 1. The minimum atomic E-state index is -3.81. The Hall–Kier alpha value is -2.12. The van der Waals surface area contributed by atoms with Gasteiger partial charge in [0, 0.05) is 5.69 Å². The second-order valence-corrected chi connectivity index (χ2v) is 5.98. The van der Waals surface area contributed by atoms with Crippen molar-refractivity contribution in [2.45, 2.75) is 18.7 Å². The molecule has 2 aromatic rings. The first-order chi connectivity index (χ1) is 9.27. The average Bonchev–Trinajstić information content (AvgIpc) is 2.77. The molecule has 1 aromatic heterocycles. The highest BCUT2D eigenvalue weighted by atomic mass is 32.2. The van der Waals surface area contributed by atoms with Gasteiger partial charge < -0.3 is 9.73 Å². The molecule has 2 rings (SSSR count). The molecule has 1 heterocycles. The van der Waals surface area contributed by atoms with E-state index in [0.29, 0.717) is 17.0 Å². The van der Waals surface area contributed by atoms with Crippen molar-refractivity contribution in [1.82, 2.24) is 0 Å². The van der Waals surface area contributed by atoms with Gasteiger partial charge in [0.05, 0.1) is 10.5 Å². The van der Waals surface area contributed by atoms with E-state index in [1.54, 1.807) is 26.0 Å². The highest BCUT2D eigenvalue weighted by molar-refractivity contribution is 7.89. The topological polar surface area (TPSA) is 102 Å². The lowest BCUT2D eigenvalue weighted by Gasteiger charge is -2.09. The lowest BCUT2D eigenvalue weighted by Crippen LogP contribution is -2.15. The van der Waals surface area contributed by atoms with Crippen molar-refractivity contribution in [1.29, 1.82) is 0 Å². The minimum absolute atomic E-state index is 0.0539. The number of carbonyl (C=O) groups excluding carboxylic acids is 1. The summed E-state index contributed by atoms with van der Waals surface area (Å²) in [5.41, 5.74) is 1.48. The van der Waals surface area contributed by atoms with Crippen LogP contribution in [0, 0.1) is 13.8 Å². The van der Waals surface area contributed by atoms with Crippen molar-refractivity contribution in [2.75, 3.05) is 5.32 Å². The van der Waals surface area contributed by atoms with Crippen LogP contribution < -0.4 is 10.5 Å². The Morgan fingerprint density at radius 2 is 1.95 bits per heavy atom. The van der Waals surface area contributed by atoms with E-state index in [4.69, 9.17) is 9.56 Å². The average molecular weight is 294 g/mol. The van der Waals surface area contributed by atoms with Gasteiger partial charge in [0.25, 0.3) is 5.91 Å². The van der Waals surface area contributed by atoms with Crippen LogP contribution in [0.3, 0.4) is 0 Å². The number of sulfonamides is 1. The summed E-state index contributed by atoms with van der Waals surface area (Å²) in [6, 6.07) is 5.89. The summed E-state index contributed by atoms with van der Waals surface area (Å²) in [5, 5.41) is 7.70. The van der Waals surface area contributed by atoms with E-state index < -0.39 is 10.0 Å². The van der Waals surface area contributed by atoms with Gasteiger partial charge in [-0.1, -0.05) is 6.07 Å². The first-order valence-corrected chi connectivity index (χ1v) is 7.32. The maximum atomic E-state index is 12.0. The Balaban J connectivity index is 2.31. The Morgan fingerprint density at radius 1 is 1.25 bits per heavy atom. The van der Waals surface area contributed by atoms with Crippen molar-refractivity contribution in [3.8, 4) is 0 Å². The molecule has 1 amide bonds. The minimum Gasteiger partial charge on any atom is -0.469 e. The number of rotatable bonds is 3. The summed E-state index contributed by atoms with van der Waals surface area (Å²) in [5.74, 6) is 0.238. The van der Waals surface area contributed by atoms with E-state index in [1.165, 1.54) is 18.4 Å². The fraction of sp³-hybridized carbons (Fsp3) is 0.154. The molecule has 7 heteroatoms. The Labute approximate surface area is 116 Å². The molecule has 0 atom stereocenters. The van der Waals surface area contributed by atoms with E-state index >= 15 is 0 Å². The van der Waals surface area contributed by atoms with Gasteiger partial charge in [0.15, 0.2) is 0 Å². The van der Waals surface area contributed by atoms with Gasteiger partial charge in [0.1, 0.15) is 12.0 Å². The molecule has 0 aliphatic heterocycles. The lowest BCUT2D eigenvalue weighted by atomic mass is 10.2. The van der Waals surface area contributed by atoms with Gasteiger partial charge in [-0.25, -0.2) is 13.6 Å². The molecule has 0 saturated heterocycles. The maximum Gasteiger partial charge on any atom is 0.258 e. The number of hydrogen-bond acceptors (Lipinski definition) is 4. The van der Waals surface area contributed by atoms with E-state index in [2.05, 4.69) is 5.32 Å². The van der Waals surface area contributed by atoms with Crippen molar-refractivity contribution in [3.05, 3.63) is 47.4 Å². The largest absolute Gasteiger partial charge is 0.469 e. The number of amides is 1. The van der Waals surface area contributed by atoms with Gasteiger partial charge in [-0.3, -0.25) is 4.79 Å². The third kappa shape index (κ3) is 3.06. The Bertz CT molecular complexity index is 762. The molecule has 6 nitrogen and oxygen atoms in total. The Kier molecular flexibility index (Phi) is 3.65. The number of aryl methyl sites for hydroxylation is 2. The van der Waals surface area contributed by atoms with Gasteiger partial charge in [-0.05, 0) is 37.6 Å². The van der Waals surface area contributed by atoms with Gasteiger partial charge in [0.2, 0.25) is 10.0 Å². The van der Waals surface area contributed by atoms with Crippen LogP contribution in [0.1, 0.15) is 21.7 Å². The molecule has 1 aromatic carbocycles. The van der Waals surface area contributed by atoms with Crippen LogP contribution in [0.4, 0.5) is 5.69 Å². The first-order valence-electron chi connectivity index (χ1n) is 5.77. The predicted octanol–water partition coefficient (Wildman–Crippen LogP) is 1.80. The van der Waals surface area contributed by atoms with Crippen LogP contribution in [0.25, 0.3) is 0 Å². The van der Waals surface area contributed by atoms with Crippen LogP contribution in [0.2, 0.25) is 0 Å². The smallest absolute Gasteiger partial charge is 0.258 e. The maximum absolute atomic E-state index is 12.0. The molecule has 106 valence electrons. The number of carbonyl (C=O) groups is 1. The number of hydrogen-bond donors (Lipinski definition) is 2. The van der Waals surface area contributed by atoms with Crippen LogP contribution in [-0.2, 0) is 10.0 Å². The molecular formula is C13H14N2O4S. The second-order valence-electron chi connectivity index (χ2n) is 4.42. The molecule has 0 bridgehead atoms. The second kappa shape index (κ2) is 5.10. The molecule has 0 fully saturated rings. The summed E-state index contributed by atoms with van der Waals surface area (Å²) in [6.07, 6.45) is 1.34. The highest BCUT2D eigenvalue weighted by Crippen LogP contribution is 2.20. The molecule has 0 aliphatic carbocycles. The summed E-state index contributed by atoms with van der Waals surface area (Å²) in [7, 11) is -3.81. The fourth-order valence-electron chi connectivity index (χ4n) is 1.67. The van der Waals surface area contributed by atoms with Crippen molar-refractivity contribution in [3.63, 3.8) is 0 Å². The molecular weight excluding hydrogens is 280 g/mol. The third-order valence-corrected chi connectivity index (χ3v) is 3.69. The SMILES string of the molecule is Cc1cc(C(=O)Nc2cc(S(N)(=O)=O)ccc2C)co1. The highest BCUT2D eigenvalue weighted by Gasteiger charge is 2.13. The van der Waals surface area contributed by atoms with Crippen molar-refractivity contribution >= 4 is 21.6 Å². The fourth-order valence-corrected chi connectivity index (χ4v) is 2.21. The molecule has 0 saturated carbocycles. The summed E-state index contributed by atoms with van der Waals surface area (Å²) >= 11 is 0. The van der Waals surface area contributed by atoms with Crippen LogP contribution in [0.5, 0.6) is 0 Å². The zero-order valence-electron chi connectivity index (χ0n) is 11.0. The summed E-state index contributed by atoms with van der Waals surface area (Å²) < 4.78 is 27.7. The van der Waals surface area contributed by atoms with Crippen molar-refractivity contribution < 1.29 is 17.6 Å². The van der Waals surface area contributed by atoms with Crippen LogP contribution >= 0.6 is 0 Å². The monoisotopic (exact) mass is 294 g/mol. The molecule has 0 unspecified atom stereocenters. The van der Waals surface area contributed by atoms with Gasteiger partial charge in [-0.2, -0.15) is 0 Å². The van der Waals surface area contributed by atoms with E-state index in [-0.39, 0.29) is 10.8 Å². The molecule has 0 aliphatic rings. The zero-order valence-corrected chi connectivity index (χ0v) is 11.8. The van der Waals surface area contributed by atoms with E-state index in [0.717, 1.165) is 5.56 Å². The zero-order chi connectivity index (χ0) is 14.9. The first kappa shape index (κ1) is 14.3. The standard InChI is InChI=1S/C13H14N2O4S/c1-8-3-4-11(20(14,17)18)6-12(8)15-13(16)10-5-9(2)19-7-10/h3-7H,1-2H3,(H,15,16)(H2,14,17,18). The van der Waals surface area contributed by atoms with E-state index in [1.807, 2.05) is 0 Å².